The molecule has 3 aromatic rings. The Morgan fingerprint density at radius 1 is 1.15 bits per heavy atom. The predicted octanol–water partition coefficient (Wildman–Crippen LogP) is 4.48. The minimum absolute atomic E-state index is 0.193. The van der Waals surface area contributed by atoms with Crippen molar-refractivity contribution in [1.82, 2.24) is 4.98 Å². The van der Waals surface area contributed by atoms with Crippen LogP contribution in [-0.4, -0.2) is 16.5 Å². The predicted molar refractivity (Wildman–Crippen MR) is 101 cm³/mol. The lowest BCUT2D eigenvalue weighted by Crippen LogP contribution is -2.25. The van der Waals surface area contributed by atoms with Crippen molar-refractivity contribution in [2.24, 2.45) is 0 Å². The van der Waals surface area contributed by atoms with Crippen molar-refractivity contribution in [3.05, 3.63) is 65.9 Å². The maximum atomic E-state index is 12.6. The van der Waals surface area contributed by atoms with Crippen LogP contribution in [0.5, 0.6) is 5.75 Å². The minimum Gasteiger partial charge on any atom is -0.472 e. The molecule has 0 fully saturated rings. The summed E-state index contributed by atoms with van der Waals surface area (Å²) in [6.45, 7) is 5.29. The molecule has 0 aliphatic rings. The summed E-state index contributed by atoms with van der Waals surface area (Å²) in [6.07, 6.45) is 1.66. The minimum atomic E-state index is -0.964. The molecule has 0 atom stereocenters. The summed E-state index contributed by atoms with van der Waals surface area (Å²) >= 11 is 0. The molecule has 0 saturated carbocycles. The van der Waals surface area contributed by atoms with Gasteiger partial charge in [0.15, 0.2) is 5.60 Å². The maximum absolute atomic E-state index is 12.6. The van der Waals surface area contributed by atoms with Crippen molar-refractivity contribution in [3.63, 3.8) is 0 Å². The fraction of sp³-hybridized carbons (Fsp3) is 0.190. The summed E-state index contributed by atoms with van der Waals surface area (Å²) in [7, 11) is 0. The molecule has 0 spiro atoms. The van der Waals surface area contributed by atoms with Crippen molar-refractivity contribution < 1.29 is 9.53 Å². The van der Waals surface area contributed by atoms with E-state index in [1.165, 1.54) is 0 Å². The number of aryl methyl sites for hydroxylation is 1. The van der Waals surface area contributed by atoms with Gasteiger partial charge >= 0.3 is 0 Å². The Hall–Kier alpha value is -3.39. The molecule has 130 valence electrons. The van der Waals surface area contributed by atoms with Gasteiger partial charge in [-0.15, -0.1) is 0 Å². The van der Waals surface area contributed by atoms with Gasteiger partial charge in [-0.05, 0) is 56.7 Å². The summed E-state index contributed by atoms with van der Waals surface area (Å²) in [5.41, 5.74) is 1.76. The standard InChI is InChI=1S/C21H19N3O2/c1-14-7-4-5-8-15(14)20(25)24-17-10-11-18(26-21(2,3)13-22)16-9-6-12-23-19(16)17/h4-12H,1-3H3,(H,24,25). The summed E-state index contributed by atoms with van der Waals surface area (Å²) in [5, 5.41) is 12.9. The summed E-state index contributed by atoms with van der Waals surface area (Å²) in [6, 6.07) is 16.7. The molecule has 1 amide bonds. The highest BCUT2D eigenvalue weighted by Crippen LogP contribution is 2.32. The smallest absolute Gasteiger partial charge is 0.255 e. The molecule has 26 heavy (non-hydrogen) atoms. The zero-order chi connectivity index (χ0) is 18.7. The highest BCUT2D eigenvalue weighted by atomic mass is 16.5. The maximum Gasteiger partial charge on any atom is 0.255 e. The topological polar surface area (TPSA) is 75.0 Å². The van der Waals surface area contributed by atoms with Crippen LogP contribution in [0.1, 0.15) is 29.8 Å². The molecular formula is C21H19N3O2. The van der Waals surface area contributed by atoms with E-state index in [1.807, 2.05) is 31.2 Å². The van der Waals surface area contributed by atoms with Gasteiger partial charge in [-0.1, -0.05) is 18.2 Å². The number of carbonyl (C=O) groups is 1. The highest BCUT2D eigenvalue weighted by Gasteiger charge is 2.21. The number of pyridine rings is 1. The van der Waals surface area contributed by atoms with Crippen LogP contribution < -0.4 is 10.1 Å². The van der Waals surface area contributed by atoms with Crippen LogP contribution in [0, 0.1) is 18.3 Å². The number of rotatable bonds is 4. The van der Waals surface area contributed by atoms with Crippen LogP contribution in [0.3, 0.4) is 0 Å². The highest BCUT2D eigenvalue weighted by molar-refractivity contribution is 6.09. The molecular weight excluding hydrogens is 326 g/mol. The van der Waals surface area contributed by atoms with Gasteiger partial charge in [0.1, 0.15) is 11.8 Å². The molecule has 5 nitrogen and oxygen atoms in total. The third-order valence-corrected chi connectivity index (χ3v) is 4.00. The lowest BCUT2D eigenvalue weighted by molar-refractivity contribution is 0.102. The Balaban J connectivity index is 2.00. The lowest BCUT2D eigenvalue weighted by Gasteiger charge is -2.20. The molecule has 1 aromatic heterocycles. The van der Waals surface area contributed by atoms with E-state index in [9.17, 15) is 10.1 Å². The van der Waals surface area contributed by atoms with Crippen LogP contribution in [0.4, 0.5) is 5.69 Å². The number of carbonyl (C=O) groups excluding carboxylic acids is 1. The van der Waals surface area contributed by atoms with Crippen LogP contribution in [-0.2, 0) is 0 Å². The van der Waals surface area contributed by atoms with E-state index >= 15 is 0 Å². The van der Waals surface area contributed by atoms with Crippen molar-refractivity contribution in [3.8, 4) is 11.8 Å². The SMILES string of the molecule is Cc1ccccc1C(=O)Nc1ccc(OC(C)(C)C#N)c2cccnc12. The molecule has 1 heterocycles. The number of nitrogens with one attached hydrogen (secondary N) is 1. The number of nitriles is 1. The van der Waals surface area contributed by atoms with E-state index < -0.39 is 5.60 Å². The van der Waals surface area contributed by atoms with Gasteiger partial charge in [0, 0.05) is 17.1 Å². The number of amides is 1. The molecule has 3 rings (SSSR count). The lowest BCUT2D eigenvalue weighted by atomic mass is 10.1. The Kier molecular flexibility index (Phi) is 4.59. The molecule has 1 N–H and O–H groups in total. The van der Waals surface area contributed by atoms with Crippen molar-refractivity contribution >= 4 is 22.5 Å². The van der Waals surface area contributed by atoms with Crippen molar-refractivity contribution in [2.75, 3.05) is 5.32 Å². The van der Waals surface area contributed by atoms with Gasteiger partial charge in [0.25, 0.3) is 5.91 Å². The number of hydrogen-bond donors (Lipinski definition) is 1. The monoisotopic (exact) mass is 345 g/mol. The van der Waals surface area contributed by atoms with Crippen LogP contribution >= 0.6 is 0 Å². The van der Waals surface area contributed by atoms with Gasteiger partial charge < -0.3 is 10.1 Å². The summed E-state index contributed by atoms with van der Waals surface area (Å²) in [4.78, 5) is 17.0. The first-order valence-electron chi connectivity index (χ1n) is 8.26. The Morgan fingerprint density at radius 2 is 1.92 bits per heavy atom. The average molecular weight is 345 g/mol. The third kappa shape index (κ3) is 3.50. The second kappa shape index (κ2) is 6.85. The third-order valence-electron chi connectivity index (χ3n) is 4.00. The van der Waals surface area contributed by atoms with E-state index in [-0.39, 0.29) is 5.91 Å². The van der Waals surface area contributed by atoms with Crippen LogP contribution in [0.25, 0.3) is 10.9 Å². The molecule has 0 aliphatic carbocycles. The first-order valence-corrected chi connectivity index (χ1v) is 8.26. The number of fused-ring (bicyclic) bond motifs is 1. The summed E-state index contributed by atoms with van der Waals surface area (Å²) in [5.74, 6) is 0.356. The second-order valence-electron chi connectivity index (χ2n) is 6.50. The van der Waals surface area contributed by atoms with Gasteiger partial charge in [-0.3, -0.25) is 9.78 Å². The zero-order valence-corrected chi connectivity index (χ0v) is 14.9. The van der Waals surface area contributed by atoms with E-state index in [4.69, 9.17) is 4.74 Å². The fourth-order valence-electron chi connectivity index (χ4n) is 2.65. The second-order valence-corrected chi connectivity index (χ2v) is 6.50. The Morgan fingerprint density at radius 3 is 2.65 bits per heavy atom. The molecule has 0 bridgehead atoms. The van der Waals surface area contributed by atoms with Crippen molar-refractivity contribution in [2.45, 2.75) is 26.4 Å². The van der Waals surface area contributed by atoms with E-state index in [1.54, 1.807) is 44.3 Å². The van der Waals surface area contributed by atoms with Gasteiger partial charge in [0.2, 0.25) is 0 Å². The van der Waals surface area contributed by atoms with Crippen LogP contribution in [0.2, 0.25) is 0 Å². The van der Waals surface area contributed by atoms with Gasteiger partial charge in [-0.25, -0.2) is 0 Å². The van der Waals surface area contributed by atoms with E-state index in [0.717, 1.165) is 10.9 Å². The first-order chi connectivity index (χ1) is 12.4. The number of hydrogen-bond acceptors (Lipinski definition) is 4. The summed E-state index contributed by atoms with van der Waals surface area (Å²) < 4.78 is 5.81. The molecule has 2 aromatic carbocycles. The van der Waals surface area contributed by atoms with Gasteiger partial charge in [0.05, 0.1) is 11.2 Å². The number of ether oxygens (including phenoxy) is 1. The zero-order valence-electron chi connectivity index (χ0n) is 14.9. The normalized spacial score (nSPS) is 11.0. The van der Waals surface area contributed by atoms with Gasteiger partial charge in [-0.2, -0.15) is 5.26 Å². The quantitative estimate of drug-likeness (QED) is 0.756. The number of anilines is 1. The van der Waals surface area contributed by atoms with E-state index in [2.05, 4.69) is 16.4 Å². The van der Waals surface area contributed by atoms with Crippen LogP contribution in [0.15, 0.2) is 54.7 Å². The number of nitrogens with zero attached hydrogens (tertiary/aromatic N) is 2. The Bertz CT molecular complexity index is 1020. The largest absolute Gasteiger partial charge is 0.472 e. The number of aromatic nitrogens is 1. The number of benzene rings is 2. The van der Waals surface area contributed by atoms with Crippen molar-refractivity contribution in [1.29, 1.82) is 5.26 Å². The Labute approximate surface area is 152 Å². The first kappa shape index (κ1) is 17.4. The molecule has 0 radical (unpaired) electrons. The molecule has 0 aliphatic heterocycles. The fourth-order valence-corrected chi connectivity index (χ4v) is 2.65. The molecule has 5 heteroatoms. The average Bonchev–Trinajstić information content (AvgIpc) is 2.64. The molecule has 0 unspecified atom stereocenters. The molecule has 0 saturated heterocycles. The van der Waals surface area contributed by atoms with E-state index in [0.29, 0.717) is 22.5 Å².